The maximum absolute atomic E-state index is 13.6. The molecular formula is C34H30F4N2O4. The van der Waals surface area contributed by atoms with Gasteiger partial charge in [-0.1, -0.05) is 54.6 Å². The van der Waals surface area contributed by atoms with Crippen LogP contribution in [0.25, 0.3) is 6.08 Å². The fourth-order valence-corrected chi connectivity index (χ4v) is 4.97. The molecule has 0 bridgehead atoms. The number of hydrogen-bond acceptors (Lipinski definition) is 5. The van der Waals surface area contributed by atoms with Crippen LogP contribution in [0.5, 0.6) is 17.2 Å². The van der Waals surface area contributed by atoms with Crippen LogP contribution in [-0.2, 0) is 12.8 Å². The van der Waals surface area contributed by atoms with Crippen molar-refractivity contribution in [3.63, 3.8) is 0 Å². The van der Waals surface area contributed by atoms with E-state index >= 15 is 0 Å². The van der Waals surface area contributed by atoms with Crippen molar-refractivity contribution in [1.29, 1.82) is 0 Å². The Kier molecular flexibility index (Phi) is 9.59. The highest BCUT2D eigenvalue weighted by atomic mass is 19.3. The van der Waals surface area contributed by atoms with Gasteiger partial charge in [0.25, 0.3) is 5.91 Å². The largest absolute Gasteiger partial charge is 0.461 e. The van der Waals surface area contributed by atoms with Gasteiger partial charge in [-0.3, -0.25) is 9.78 Å². The quantitative estimate of drug-likeness (QED) is 0.173. The third-order valence-electron chi connectivity index (χ3n) is 7.14. The Morgan fingerprint density at radius 2 is 1.73 bits per heavy atom. The minimum absolute atomic E-state index is 0.0564. The maximum Gasteiger partial charge on any atom is 0.461 e. The molecule has 10 heteroatoms. The Morgan fingerprint density at radius 1 is 0.955 bits per heavy atom. The molecule has 0 fully saturated rings. The summed E-state index contributed by atoms with van der Waals surface area (Å²) in [6, 6.07) is 21.9. The molecule has 5 rings (SSSR count). The number of carbonyl (C=O) groups is 1. The average Bonchev–Trinajstić information content (AvgIpc) is 3.27. The number of ether oxygens (including phenoxy) is 2. The summed E-state index contributed by atoms with van der Waals surface area (Å²) in [5.41, 5.74) is 2.82. The van der Waals surface area contributed by atoms with Crippen LogP contribution in [0.15, 0.2) is 97.2 Å². The fraction of sp³-hybridized carbons (Fsp3) is 0.235. The zero-order valence-corrected chi connectivity index (χ0v) is 23.5. The summed E-state index contributed by atoms with van der Waals surface area (Å²) in [7, 11) is 0. The van der Waals surface area contributed by atoms with Gasteiger partial charge in [-0.05, 0) is 84.8 Å². The molecule has 2 atom stereocenters. The molecular weight excluding hydrogens is 576 g/mol. The van der Waals surface area contributed by atoms with E-state index in [2.05, 4.69) is 15.0 Å². The second-order valence-electron chi connectivity index (χ2n) is 10.3. The number of nitrogens with zero attached hydrogens (tertiary/aromatic N) is 1. The van der Waals surface area contributed by atoms with Gasteiger partial charge in [-0.2, -0.15) is 17.6 Å². The molecule has 0 radical (unpaired) electrons. The van der Waals surface area contributed by atoms with Gasteiger partial charge in [0.05, 0.1) is 17.9 Å². The number of fused-ring (bicyclic) bond motifs is 1. The van der Waals surface area contributed by atoms with Gasteiger partial charge in [-0.25, -0.2) is 0 Å². The first-order chi connectivity index (χ1) is 21.2. The molecule has 6 nitrogen and oxygen atoms in total. The van der Waals surface area contributed by atoms with Crippen molar-refractivity contribution < 1.29 is 36.9 Å². The summed E-state index contributed by atoms with van der Waals surface area (Å²) in [5, 5.41) is 14.3. The predicted octanol–water partition coefficient (Wildman–Crippen LogP) is 7.53. The molecule has 0 aliphatic heterocycles. The van der Waals surface area contributed by atoms with Gasteiger partial charge >= 0.3 is 12.5 Å². The Morgan fingerprint density at radius 3 is 2.48 bits per heavy atom. The molecule has 1 aromatic heterocycles. The van der Waals surface area contributed by atoms with Crippen molar-refractivity contribution in [2.24, 2.45) is 0 Å². The number of alkyl halides is 4. The molecule has 0 spiro atoms. The summed E-state index contributed by atoms with van der Waals surface area (Å²) in [6.45, 7) is 0. The number of para-hydroxylation sites is 1. The van der Waals surface area contributed by atoms with Crippen LogP contribution in [0.1, 0.15) is 51.7 Å². The van der Waals surface area contributed by atoms with Crippen LogP contribution in [0.3, 0.4) is 0 Å². The van der Waals surface area contributed by atoms with Crippen molar-refractivity contribution >= 4 is 12.0 Å². The van der Waals surface area contributed by atoms with Crippen molar-refractivity contribution in [2.75, 3.05) is 0 Å². The summed E-state index contributed by atoms with van der Waals surface area (Å²) < 4.78 is 62.6. The number of amides is 1. The molecule has 4 aromatic rings. The normalized spacial score (nSPS) is 14.3. The summed E-state index contributed by atoms with van der Waals surface area (Å²) >= 11 is 0. The average molecular weight is 607 g/mol. The molecule has 44 heavy (non-hydrogen) atoms. The van der Waals surface area contributed by atoms with E-state index in [-0.39, 0.29) is 12.1 Å². The first-order valence-corrected chi connectivity index (χ1v) is 14.1. The Bertz CT molecular complexity index is 1600. The lowest BCUT2D eigenvalue weighted by Gasteiger charge is -2.25. The summed E-state index contributed by atoms with van der Waals surface area (Å²) in [5.74, 6) is 0.101. The number of aliphatic hydroxyl groups is 1. The summed E-state index contributed by atoms with van der Waals surface area (Å²) in [4.78, 5) is 18.0. The third kappa shape index (κ3) is 7.62. The van der Waals surface area contributed by atoms with E-state index in [1.54, 1.807) is 42.5 Å². The molecule has 0 saturated carbocycles. The van der Waals surface area contributed by atoms with E-state index < -0.39 is 36.3 Å². The van der Waals surface area contributed by atoms with E-state index in [1.165, 1.54) is 18.3 Å². The van der Waals surface area contributed by atoms with Gasteiger partial charge in [0.2, 0.25) is 0 Å². The third-order valence-corrected chi connectivity index (χ3v) is 7.14. The number of rotatable bonds is 11. The first-order valence-electron chi connectivity index (χ1n) is 14.1. The number of benzene rings is 3. The summed E-state index contributed by atoms with van der Waals surface area (Å²) in [6.07, 6.45) is -2.08. The molecule has 3 aromatic carbocycles. The van der Waals surface area contributed by atoms with E-state index in [0.29, 0.717) is 22.6 Å². The van der Waals surface area contributed by atoms with Crippen molar-refractivity contribution in [3.05, 3.63) is 125 Å². The van der Waals surface area contributed by atoms with E-state index in [1.807, 2.05) is 36.4 Å². The predicted molar refractivity (Wildman–Crippen MR) is 157 cm³/mol. The van der Waals surface area contributed by atoms with Gasteiger partial charge in [0.1, 0.15) is 23.4 Å². The number of halogens is 4. The highest BCUT2D eigenvalue weighted by Gasteiger charge is 2.44. The number of carbonyl (C=O) groups excluding carboxylic acids is 1. The molecule has 1 amide bonds. The van der Waals surface area contributed by atoms with E-state index in [9.17, 15) is 27.5 Å². The number of aryl methyl sites for hydroxylation is 1. The molecule has 2 unspecified atom stereocenters. The minimum atomic E-state index is -4.68. The second-order valence-corrected chi connectivity index (χ2v) is 10.3. The van der Waals surface area contributed by atoms with Crippen molar-refractivity contribution in [3.8, 4) is 17.2 Å². The van der Waals surface area contributed by atoms with Gasteiger partial charge in [0, 0.05) is 5.56 Å². The van der Waals surface area contributed by atoms with Crippen LogP contribution >= 0.6 is 0 Å². The van der Waals surface area contributed by atoms with Crippen LogP contribution in [0.4, 0.5) is 17.6 Å². The van der Waals surface area contributed by atoms with Crippen LogP contribution in [0, 0.1) is 0 Å². The lowest BCUT2D eigenvalue weighted by atomic mass is 9.96. The number of nitrogens with one attached hydrogen (secondary N) is 1. The van der Waals surface area contributed by atoms with Crippen LogP contribution in [0.2, 0.25) is 0 Å². The highest BCUT2D eigenvalue weighted by molar-refractivity contribution is 5.98. The SMILES string of the molecule is O=C(NC(Cc1cccc(OC(F)(F)C(F)F)c1)C(O)c1ccc(Oc2ccccc2)cn1)c1cccc2c1C=CCCC2. The minimum Gasteiger partial charge on any atom is -0.456 e. The number of pyridine rings is 1. The molecule has 2 N–H and O–H groups in total. The lowest BCUT2D eigenvalue weighted by Crippen LogP contribution is -2.41. The van der Waals surface area contributed by atoms with Crippen LogP contribution < -0.4 is 14.8 Å². The highest BCUT2D eigenvalue weighted by Crippen LogP contribution is 2.30. The van der Waals surface area contributed by atoms with Gasteiger partial charge in [0.15, 0.2) is 0 Å². The number of allylic oxidation sites excluding steroid dienone is 1. The molecule has 0 saturated heterocycles. The zero-order valence-electron chi connectivity index (χ0n) is 23.5. The van der Waals surface area contributed by atoms with Crippen molar-refractivity contribution in [1.82, 2.24) is 10.3 Å². The Balaban J connectivity index is 1.41. The second kappa shape index (κ2) is 13.7. The Labute approximate surface area is 252 Å². The number of aliphatic hydroxyl groups excluding tert-OH is 1. The Hall–Kier alpha value is -4.70. The maximum atomic E-state index is 13.6. The number of aromatic nitrogens is 1. The number of hydrogen-bond donors (Lipinski definition) is 2. The first kappa shape index (κ1) is 30.7. The zero-order chi connectivity index (χ0) is 31.1. The van der Waals surface area contributed by atoms with Crippen molar-refractivity contribution in [2.45, 2.75) is 50.4 Å². The fourth-order valence-electron chi connectivity index (χ4n) is 4.97. The molecule has 1 aliphatic carbocycles. The van der Waals surface area contributed by atoms with Gasteiger partial charge < -0.3 is 19.9 Å². The topological polar surface area (TPSA) is 80.7 Å². The van der Waals surface area contributed by atoms with E-state index in [4.69, 9.17) is 4.74 Å². The monoisotopic (exact) mass is 606 g/mol. The smallest absolute Gasteiger partial charge is 0.456 e. The van der Waals surface area contributed by atoms with E-state index in [0.717, 1.165) is 36.5 Å². The standard InChI is InChI=1S/C34H30F4N2O4/c35-33(36)34(37,38)44-25-14-7-9-22(19-25)20-30(40-32(42)28-16-8-11-23-10-3-1-6-15-27(23)28)31(41)29-18-17-26(21-39-29)43-24-12-4-2-5-13-24/h2,4-9,11-19,21,30-31,33,41H,1,3,10,20H2,(H,40,42). The van der Waals surface area contributed by atoms with Crippen LogP contribution in [-0.4, -0.2) is 34.6 Å². The molecule has 1 heterocycles. The molecule has 1 aliphatic rings. The molecule has 228 valence electrons. The lowest BCUT2D eigenvalue weighted by molar-refractivity contribution is -0.253. The van der Waals surface area contributed by atoms with Gasteiger partial charge in [-0.15, -0.1) is 0 Å².